The highest BCUT2D eigenvalue weighted by molar-refractivity contribution is 14.1. The lowest BCUT2D eigenvalue weighted by molar-refractivity contribution is 0.0691. The Morgan fingerprint density at radius 3 is 2.58 bits per heavy atom. The highest BCUT2D eigenvalue weighted by Crippen LogP contribution is 2.27. The standard InChI is InChI=1S/C12H7Cl2IN2O2/c13-7-2-4-10(17-11(7)12(18)19)16-9-3-1-6(15)5-8(9)14/h1-5H,(H,16,17)(H,18,19). The van der Waals surface area contributed by atoms with E-state index in [2.05, 4.69) is 32.9 Å². The van der Waals surface area contributed by atoms with E-state index in [1.165, 1.54) is 6.07 Å². The molecular formula is C12H7Cl2IN2O2. The Kier molecular flexibility index (Phi) is 4.49. The summed E-state index contributed by atoms with van der Waals surface area (Å²) in [5.41, 5.74) is 0.446. The lowest BCUT2D eigenvalue weighted by Crippen LogP contribution is -2.04. The minimum absolute atomic E-state index is 0.0896. The number of hydrogen-bond acceptors (Lipinski definition) is 3. The van der Waals surface area contributed by atoms with Crippen LogP contribution in [-0.2, 0) is 0 Å². The number of nitrogens with zero attached hydrogens (tertiary/aromatic N) is 1. The van der Waals surface area contributed by atoms with Gasteiger partial charge in [-0.15, -0.1) is 0 Å². The van der Waals surface area contributed by atoms with E-state index >= 15 is 0 Å². The molecule has 1 heterocycles. The summed E-state index contributed by atoms with van der Waals surface area (Å²) in [6, 6.07) is 8.52. The van der Waals surface area contributed by atoms with E-state index in [1.54, 1.807) is 18.2 Å². The summed E-state index contributed by atoms with van der Waals surface area (Å²) in [4.78, 5) is 14.9. The molecule has 0 fully saturated rings. The van der Waals surface area contributed by atoms with E-state index in [4.69, 9.17) is 28.3 Å². The van der Waals surface area contributed by atoms with E-state index in [-0.39, 0.29) is 10.7 Å². The minimum atomic E-state index is -1.18. The van der Waals surface area contributed by atoms with Gasteiger partial charge in [0.15, 0.2) is 5.69 Å². The van der Waals surface area contributed by atoms with Gasteiger partial charge in [0.2, 0.25) is 0 Å². The SMILES string of the molecule is O=C(O)c1nc(Nc2ccc(I)cc2Cl)ccc1Cl. The lowest BCUT2D eigenvalue weighted by atomic mass is 10.3. The van der Waals surface area contributed by atoms with Gasteiger partial charge < -0.3 is 10.4 Å². The van der Waals surface area contributed by atoms with Crippen LogP contribution in [0.1, 0.15) is 10.5 Å². The van der Waals surface area contributed by atoms with Crippen molar-refractivity contribution in [1.82, 2.24) is 4.98 Å². The second-order valence-electron chi connectivity index (χ2n) is 3.58. The van der Waals surface area contributed by atoms with Crippen molar-refractivity contribution in [3.8, 4) is 0 Å². The Balaban J connectivity index is 2.33. The first-order chi connectivity index (χ1) is 8.97. The fraction of sp³-hybridized carbons (Fsp3) is 0. The summed E-state index contributed by atoms with van der Waals surface area (Å²) < 4.78 is 1.00. The van der Waals surface area contributed by atoms with Crippen LogP contribution in [0.3, 0.4) is 0 Å². The second kappa shape index (κ2) is 5.94. The number of aromatic carboxylic acids is 1. The summed E-state index contributed by atoms with van der Waals surface area (Å²) in [6.07, 6.45) is 0. The van der Waals surface area contributed by atoms with Crippen LogP contribution in [0.25, 0.3) is 0 Å². The lowest BCUT2D eigenvalue weighted by Gasteiger charge is -2.09. The number of anilines is 2. The number of rotatable bonds is 3. The van der Waals surface area contributed by atoms with Crippen LogP contribution in [0, 0.1) is 3.57 Å². The fourth-order valence-electron chi connectivity index (χ4n) is 1.39. The molecule has 0 aliphatic rings. The number of halogens is 3. The molecular weight excluding hydrogens is 402 g/mol. The molecule has 19 heavy (non-hydrogen) atoms. The predicted molar refractivity (Wildman–Crippen MR) is 83.7 cm³/mol. The molecule has 98 valence electrons. The van der Waals surface area contributed by atoms with E-state index in [0.29, 0.717) is 16.5 Å². The summed E-state index contributed by atoms with van der Waals surface area (Å²) in [5.74, 6) is -0.813. The summed E-state index contributed by atoms with van der Waals surface area (Å²) in [5, 5.41) is 12.5. The number of carboxylic acid groups (broad SMARTS) is 1. The highest BCUT2D eigenvalue weighted by atomic mass is 127. The average molecular weight is 409 g/mol. The van der Waals surface area contributed by atoms with Crippen molar-refractivity contribution in [2.45, 2.75) is 0 Å². The smallest absolute Gasteiger partial charge is 0.356 e. The number of carbonyl (C=O) groups is 1. The molecule has 0 bridgehead atoms. The van der Waals surface area contributed by atoms with Crippen LogP contribution in [-0.4, -0.2) is 16.1 Å². The second-order valence-corrected chi connectivity index (χ2v) is 5.64. The summed E-state index contributed by atoms with van der Waals surface area (Å²) >= 11 is 14.0. The molecule has 1 aromatic heterocycles. The zero-order valence-corrected chi connectivity index (χ0v) is 13.0. The van der Waals surface area contributed by atoms with E-state index in [0.717, 1.165) is 3.57 Å². The van der Waals surface area contributed by atoms with Gasteiger partial charge in [0.25, 0.3) is 0 Å². The van der Waals surface area contributed by atoms with Gasteiger partial charge >= 0.3 is 5.97 Å². The van der Waals surface area contributed by atoms with E-state index in [1.807, 2.05) is 6.07 Å². The molecule has 0 aliphatic heterocycles. The summed E-state index contributed by atoms with van der Waals surface area (Å²) in [7, 11) is 0. The van der Waals surface area contributed by atoms with Gasteiger partial charge in [-0.3, -0.25) is 0 Å². The monoisotopic (exact) mass is 408 g/mol. The Bertz CT molecular complexity index is 650. The Hall–Kier alpha value is -1.05. The van der Waals surface area contributed by atoms with Crippen LogP contribution < -0.4 is 5.32 Å². The number of pyridine rings is 1. The molecule has 2 N–H and O–H groups in total. The molecule has 0 radical (unpaired) electrons. The molecule has 0 amide bonds. The molecule has 0 atom stereocenters. The van der Waals surface area contributed by atoms with Crippen LogP contribution in [0.5, 0.6) is 0 Å². The van der Waals surface area contributed by atoms with Gasteiger partial charge in [0.05, 0.1) is 15.7 Å². The topological polar surface area (TPSA) is 62.2 Å². The number of hydrogen-bond donors (Lipinski definition) is 2. The van der Waals surface area contributed by atoms with Crippen LogP contribution in [0.15, 0.2) is 30.3 Å². The van der Waals surface area contributed by atoms with Crippen molar-refractivity contribution < 1.29 is 9.90 Å². The third-order valence-corrected chi connectivity index (χ3v) is 3.53. The van der Waals surface area contributed by atoms with Crippen molar-refractivity contribution in [1.29, 1.82) is 0 Å². The number of benzene rings is 1. The first-order valence-corrected chi connectivity index (χ1v) is 6.93. The minimum Gasteiger partial charge on any atom is -0.476 e. The molecule has 0 saturated carbocycles. The zero-order chi connectivity index (χ0) is 14.0. The van der Waals surface area contributed by atoms with Gasteiger partial charge in [0, 0.05) is 3.57 Å². The van der Waals surface area contributed by atoms with E-state index < -0.39 is 5.97 Å². The Labute approximate surface area is 132 Å². The predicted octanol–water partition coefficient (Wildman–Crippen LogP) is 4.43. The quantitative estimate of drug-likeness (QED) is 0.737. The van der Waals surface area contributed by atoms with E-state index in [9.17, 15) is 4.79 Å². The maximum Gasteiger partial charge on any atom is 0.356 e. The third kappa shape index (κ3) is 3.49. The maximum atomic E-state index is 10.9. The Morgan fingerprint density at radius 2 is 1.95 bits per heavy atom. The van der Waals surface area contributed by atoms with Crippen molar-refractivity contribution >= 4 is 63.3 Å². The molecule has 0 aliphatic carbocycles. The first-order valence-electron chi connectivity index (χ1n) is 5.09. The van der Waals surface area contributed by atoms with Gasteiger partial charge in [-0.05, 0) is 52.9 Å². The van der Waals surface area contributed by atoms with Crippen molar-refractivity contribution in [2.24, 2.45) is 0 Å². The van der Waals surface area contributed by atoms with Crippen molar-refractivity contribution in [2.75, 3.05) is 5.32 Å². The number of aromatic nitrogens is 1. The largest absolute Gasteiger partial charge is 0.476 e. The van der Waals surface area contributed by atoms with Gasteiger partial charge in [-0.25, -0.2) is 9.78 Å². The fourth-order valence-corrected chi connectivity index (χ4v) is 2.48. The molecule has 2 aromatic rings. The normalized spacial score (nSPS) is 10.3. The van der Waals surface area contributed by atoms with Crippen LogP contribution in [0.4, 0.5) is 11.5 Å². The highest BCUT2D eigenvalue weighted by Gasteiger charge is 2.12. The Morgan fingerprint density at radius 1 is 1.21 bits per heavy atom. The van der Waals surface area contributed by atoms with Crippen LogP contribution in [0.2, 0.25) is 10.0 Å². The molecule has 0 saturated heterocycles. The molecule has 7 heteroatoms. The molecule has 0 spiro atoms. The van der Waals surface area contributed by atoms with Crippen molar-refractivity contribution in [3.05, 3.63) is 49.6 Å². The van der Waals surface area contributed by atoms with Crippen molar-refractivity contribution in [3.63, 3.8) is 0 Å². The molecule has 4 nitrogen and oxygen atoms in total. The van der Waals surface area contributed by atoms with Gasteiger partial charge in [-0.1, -0.05) is 23.2 Å². The molecule has 0 unspecified atom stereocenters. The summed E-state index contributed by atoms with van der Waals surface area (Å²) in [6.45, 7) is 0. The number of nitrogens with one attached hydrogen (secondary N) is 1. The average Bonchev–Trinajstić information content (AvgIpc) is 2.34. The molecule has 2 rings (SSSR count). The maximum absolute atomic E-state index is 10.9. The number of carboxylic acids is 1. The first kappa shape index (κ1) is 14.4. The molecule has 1 aromatic carbocycles. The zero-order valence-electron chi connectivity index (χ0n) is 9.32. The third-order valence-electron chi connectivity index (χ3n) is 2.24. The van der Waals surface area contributed by atoms with Gasteiger partial charge in [0.1, 0.15) is 5.82 Å². The van der Waals surface area contributed by atoms with Crippen LogP contribution >= 0.6 is 45.8 Å². The van der Waals surface area contributed by atoms with Gasteiger partial charge in [-0.2, -0.15) is 0 Å².